The standard InChI is InChI=1S/C24H26N2O6/c27-7-8-31-9-10-32-22-4-2-1-3-18(22)21-12-16-6-5-15(11-19(16)24(30)26-21)20-13-17(14-28)25-23(20)29/h1-6,11-12,17,20,27-28H,7-10,13-14H2,(H,25,29)(H,26,30)/t17?,20-/m0/s1. The molecule has 2 heterocycles. The molecule has 4 rings (SSSR count). The summed E-state index contributed by atoms with van der Waals surface area (Å²) in [5.41, 5.74) is 1.88. The molecule has 32 heavy (non-hydrogen) atoms. The van der Waals surface area contributed by atoms with Gasteiger partial charge in [0.25, 0.3) is 5.56 Å². The first-order chi connectivity index (χ1) is 15.6. The smallest absolute Gasteiger partial charge is 0.256 e. The van der Waals surface area contributed by atoms with E-state index in [9.17, 15) is 14.7 Å². The predicted molar refractivity (Wildman–Crippen MR) is 120 cm³/mol. The van der Waals surface area contributed by atoms with Crippen molar-refractivity contribution in [3.63, 3.8) is 0 Å². The highest BCUT2D eigenvalue weighted by molar-refractivity contribution is 5.90. The molecule has 1 amide bonds. The first kappa shape index (κ1) is 22.0. The molecule has 0 saturated carbocycles. The minimum Gasteiger partial charge on any atom is -0.490 e. The lowest BCUT2D eigenvalue weighted by Gasteiger charge is -2.13. The van der Waals surface area contributed by atoms with E-state index in [1.165, 1.54) is 0 Å². The Kier molecular flexibility index (Phi) is 6.84. The number of aromatic nitrogens is 1. The van der Waals surface area contributed by atoms with Gasteiger partial charge in [0.1, 0.15) is 12.4 Å². The number of H-pyrrole nitrogens is 1. The quantitative estimate of drug-likeness (QED) is 0.376. The van der Waals surface area contributed by atoms with E-state index in [0.717, 1.165) is 16.5 Å². The van der Waals surface area contributed by atoms with Gasteiger partial charge in [-0.25, -0.2) is 0 Å². The number of aromatic amines is 1. The number of hydrogen-bond acceptors (Lipinski definition) is 6. The average molecular weight is 438 g/mol. The van der Waals surface area contributed by atoms with Gasteiger partial charge in [-0.2, -0.15) is 0 Å². The number of aliphatic hydroxyl groups excluding tert-OH is 2. The van der Waals surface area contributed by atoms with Gasteiger partial charge in [0.2, 0.25) is 5.91 Å². The molecule has 8 heteroatoms. The molecular formula is C24H26N2O6. The molecule has 1 saturated heterocycles. The lowest BCUT2D eigenvalue weighted by molar-refractivity contribution is -0.120. The SMILES string of the molecule is O=C1NC(CO)C[C@H]1c1ccc2cc(-c3ccccc3OCCOCCO)[nH]c(=O)c2c1. The van der Waals surface area contributed by atoms with Crippen molar-refractivity contribution in [2.75, 3.05) is 33.0 Å². The summed E-state index contributed by atoms with van der Waals surface area (Å²) in [4.78, 5) is 28.1. The Morgan fingerprint density at radius 2 is 1.84 bits per heavy atom. The number of amides is 1. The molecule has 2 aromatic carbocycles. The van der Waals surface area contributed by atoms with Crippen molar-refractivity contribution in [3.8, 4) is 17.0 Å². The molecular weight excluding hydrogens is 412 g/mol. The Morgan fingerprint density at radius 3 is 2.62 bits per heavy atom. The fourth-order valence-corrected chi connectivity index (χ4v) is 3.99. The highest BCUT2D eigenvalue weighted by Gasteiger charge is 2.32. The van der Waals surface area contributed by atoms with Gasteiger partial charge in [0.05, 0.1) is 44.1 Å². The Hall–Kier alpha value is -3.20. The molecule has 0 radical (unpaired) electrons. The summed E-state index contributed by atoms with van der Waals surface area (Å²) in [6.07, 6.45) is 0.504. The number of carbonyl (C=O) groups is 1. The zero-order valence-electron chi connectivity index (χ0n) is 17.5. The van der Waals surface area contributed by atoms with Crippen molar-refractivity contribution in [1.29, 1.82) is 0 Å². The van der Waals surface area contributed by atoms with E-state index in [2.05, 4.69) is 10.3 Å². The van der Waals surface area contributed by atoms with Gasteiger partial charge in [-0.3, -0.25) is 9.59 Å². The van der Waals surface area contributed by atoms with E-state index in [1.807, 2.05) is 42.5 Å². The second-order valence-corrected chi connectivity index (χ2v) is 7.72. The van der Waals surface area contributed by atoms with Crippen LogP contribution in [0, 0.1) is 0 Å². The van der Waals surface area contributed by atoms with E-state index < -0.39 is 0 Å². The van der Waals surface area contributed by atoms with Gasteiger partial charge >= 0.3 is 0 Å². The summed E-state index contributed by atoms with van der Waals surface area (Å²) in [5, 5.41) is 22.1. The number of ether oxygens (including phenoxy) is 2. The van der Waals surface area contributed by atoms with Crippen molar-refractivity contribution >= 4 is 16.7 Å². The van der Waals surface area contributed by atoms with E-state index in [0.29, 0.717) is 36.5 Å². The van der Waals surface area contributed by atoms with Crippen molar-refractivity contribution in [2.45, 2.75) is 18.4 Å². The number of aliphatic hydroxyl groups is 2. The molecule has 0 aliphatic carbocycles. The Balaban J connectivity index is 1.61. The first-order valence-corrected chi connectivity index (χ1v) is 10.6. The molecule has 2 atom stereocenters. The van der Waals surface area contributed by atoms with Gasteiger partial charge in [0.15, 0.2) is 0 Å². The fraction of sp³-hybridized carbons (Fsp3) is 0.333. The lowest BCUT2D eigenvalue weighted by atomic mass is 9.93. The maximum atomic E-state index is 12.9. The third-order valence-electron chi connectivity index (χ3n) is 5.57. The van der Waals surface area contributed by atoms with Crippen LogP contribution in [0.25, 0.3) is 22.0 Å². The summed E-state index contributed by atoms with van der Waals surface area (Å²) in [5.74, 6) is 0.104. The lowest BCUT2D eigenvalue weighted by Crippen LogP contribution is -2.28. The third kappa shape index (κ3) is 4.67. The van der Waals surface area contributed by atoms with Crippen LogP contribution in [0.4, 0.5) is 0 Å². The molecule has 3 aromatic rings. The number of hydrogen-bond donors (Lipinski definition) is 4. The van der Waals surface area contributed by atoms with Gasteiger partial charge in [-0.1, -0.05) is 24.3 Å². The Morgan fingerprint density at radius 1 is 1.00 bits per heavy atom. The molecule has 4 N–H and O–H groups in total. The second kappa shape index (κ2) is 9.95. The van der Waals surface area contributed by atoms with Crippen molar-refractivity contribution in [1.82, 2.24) is 10.3 Å². The van der Waals surface area contributed by atoms with Crippen molar-refractivity contribution in [2.24, 2.45) is 0 Å². The number of nitrogens with one attached hydrogen (secondary N) is 2. The predicted octanol–water partition coefficient (Wildman–Crippen LogP) is 1.55. The molecule has 1 aliphatic rings. The van der Waals surface area contributed by atoms with Gasteiger partial charge in [-0.05, 0) is 41.6 Å². The molecule has 0 bridgehead atoms. The molecule has 1 aliphatic heterocycles. The molecule has 8 nitrogen and oxygen atoms in total. The van der Waals surface area contributed by atoms with Gasteiger partial charge in [-0.15, -0.1) is 0 Å². The highest BCUT2D eigenvalue weighted by Crippen LogP contribution is 2.31. The normalized spacial score (nSPS) is 18.1. The number of para-hydroxylation sites is 1. The number of rotatable bonds is 9. The van der Waals surface area contributed by atoms with Crippen molar-refractivity contribution < 1.29 is 24.5 Å². The number of pyridine rings is 1. The summed E-state index contributed by atoms with van der Waals surface area (Å²) >= 11 is 0. The summed E-state index contributed by atoms with van der Waals surface area (Å²) in [7, 11) is 0. The van der Waals surface area contributed by atoms with E-state index >= 15 is 0 Å². The van der Waals surface area contributed by atoms with Gasteiger partial charge in [0, 0.05) is 10.9 Å². The highest BCUT2D eigenvalue weighted by atomic mass is 16.5. The van der Waals surface area contributed by atoms with Gasteiger partial charge < -0.3 is 30.0 Å². The van der Waals surface area contributed by atoms with E-state index in [1.54, 1.807) is 6.07 Å². The largest absolute Gasteiger partial charge is 0.490 e. The monoisotopic (exact) mass is 438 g/mol. The molecule has 0 spiro atoms. The topological polar surface area (TPSA) is 121 Å². The summed E-state index contributed by atoms with van der Waals surface area (Å²) in [6.45, 7) is 0.779. The molecule has 1 fully saturated rings. The maximum Gasteiger partial charge on any atom is 0.256 e. The second-order valence-electron chi connectivity index (χ2n) is 7.72. The zero-order valence-corrected chi connectivity index (χ0v) is 17.5. The Bertz CT molecular complexity index is 1160. The van der Waals surface area contributed by atoms with Crippen LogP contribution in [0.1, 0.15) is 17.9 Å². The van der Waals surface area contributed by atoms with E-state index in [-0.39, 0.29) is 43.2 Å². The third-order valence-corrected chi connectivity index (χ3v) is 5.57. The summed E-state index contributed by atoms with van der Waals surface area (Å²) in [6, 6.07) is 14.5. The van der Waals surface area contributed by atoms with Crippen LogP contribution >= 0.6 is 0 Å². The van der Waals surface area contributed by atoms with E-state index in [4.69, 9.17) is 14.6 Å². The minimum absolute atomic E-state index is 0.0376. The zero-order chi connectivity index (χ0) is 22.5. The van der Waals surface area contributed by atoms with Crippen LogP contribution in [0.3, 0.4) is 0 Å². The number of benzene rings is 2. The van der Waals surface area contributed by atoms with Crippen molar-refractivity contribution in [3.05, 3.63) is 64.4 Å². The number of fused-ring (bicyclic) bond motifs is 1. The van der Waals surface area contributed by atoms with Crippen LogP contribution in [0.15, 0.2) is 53.3 Å². The molecule has 1 aromatic heterocycles. The fourth-order valence-electron chi connectivity index (χ4n) is 3.99. The van der Waals surface area contributed by atoms with Crippen LogP contribution in [-0.2, 0) is 9.53 Å². The molecule has 168 valence electrons. The van der Waals surface area contributed by atoms with Crippen LogP contribution in [-0.4, -0.2) is 60.2 Å². The summed E-state index contributed by atoms with van der Waals surface area (Å²) < 4.78 is 11.0. The maximum absolute atomic E-state index is 12.9. The first-order valence-electron chi connectivity index (χ1n) is 10.6. The Labute approximate surface area is 184 Å². The number of carbonyl (C=O) groups excluding carboxylic acids is 1. The van der Waals surface area contributed by atoms with Crippen LogP contribution in [0.2, 0.25) is 0 Å². The van der Waals surface area contributed by atoms with Crippen LogP contribution in [0.5, 0.6) is 5.75 Å². The average Bonchev–Trinajstić information content (AvgIpc) is 3.19. The molecule has 1 unspecified atom stereocenters. The van der Waals surface area contributed by atoms with Crippen LogP contribution < -0.4 is 15.6 Å². The minimum atomic E-state index is -0.377.